The Bertz CT molecular complexity index is 638. The minimum absolute atomic E-state index is 0.133. The van der Waals surface area contributed by atoms with Gasteiger partial charge in [-0.05, 0) is 29.8 Å². The van der Waals surface area contributed by atoms with Crippen LogP contribution >= 0.6 is 0 Å². The minimum Gasteiger partial charge on any atom is -0.390 e. The number of halogens is 4. The van der Waals surface area contributed by atoms with Gasteiger partial charge in [-0.25, -0.2) is 4.39 Å². The molecule has 2 nitrogen and oxygen atoms in total. The lowest BCUT2D eigenvalue weighted by molar-refractivity contribution is -0.137. The summed E-state index contributed by atoms with van der Waals surface area (Å²) in [5, 5.41) is 3.47. The van der Waals surface area contributed by atoms with Crippen molar-refractivity contribution in [1.82, 2.24) is 0 Å². The molecule has 21 heavy (non-hydrogen) atoms. The number of rotatable bonds is 4. The van der Waals surface area contributed by atoms with E-state index >= 15 is 0 Å². The lowest BCUT2D eigenvalue weighted by Gasteiger charge is -2.07. The molecule has 1 radical (unpaired) electrons. The van der Waals surface area contributed by atoms with E-state index in [1.54, 1.807) is 6.07 Å². The first kappa shape index (κ1) is 15.0. The van der Waals surface area contributed by atoms with E-state index in [0.717, 1.165) is 12.1 Å². The van der Waals surface area contributed by atoms with Crippen molar-refractivity contribution in [3.05, 3.63) is 71.0 Å². The molecule has 2 aromatic rings. The van der Waals surface area contributed by atoms with Gasteiger partial charge >= 0.3 is 6.18 Å². The van der Waals surface area contributed by atoms with Crippen molar-refractivity contribution in [2.24, 2.45) is 5.16 Å². The molecule has 2 rings (SSSR count). The Morgan fingerprint density at radius 1 is 1.05 bits per heavy atom. The van der Waals surface area contributed by atoms with Gasteiger partial charge in [0.1, 0.15) is 18.6 Å². The van der Waals surface area contributed by atoms with E-state index in [2.05, 4.69) is 11.4 Å². The molecule has 0 bridgehead atoms. The van der Waals surface area contributed by atoms with Gasteiger partial charge in [0.15, 0.2) is 0 Å². The van der Waals surface area contributed by atoms with Crippen LogP contribution in [0.4, 0.5) is 17.6 Å². The van der Waals surface area contributed by atoms with Crippen molar-refractivity contribution in [2.45, 2.75) is 12.8 Å². The average molecular weight is 296 g/mol. The van der Waals surface area contributed by atoms with E-state index in [1.807, 2.05) is 0 Å². The zero-order chi connectivity index (χ0) is 15.3. The fraction of sp³-hybridized carbons (Fsp3) is 0.133. The van der Waals surface area contributed by atoms with Crippen LogP contribution in [0.25, 0.3) is 0 Å². The van der Waals surface area contributed by atoms with Crippen LogP contribution in [0, 0.1) is 5.82 Å². The van der Waals surface area contributed by atoms with Crippen LogP contribution in [0.2, 0.25) is 0 Å². The quantitative estimate of drug-likeness (QED) is 0.469. The molecule has 0 heterocycles. The van der Waals surface area contributed by atoms with E-state index in [4.69, 9.17) is 4.84 Å². The van der Waals surface area contributed by atoms with Gasteiger partial charge in [0.25, 0.3) is 0 Å². The third kappa shape index (κ3) is 4.59. The predicted octanol–water partition coefficient (Wildman–Crippen LogP) is 4.27. The van der Waals surface area contributed by atoms with Crippen LogP contribution in [0.15, 0.2) is 53.7 Å². The van der Waals surface area contributed by atoms with Crippen LogP contribution in [0.5, 0.6) is 0 Å². The lowest BCUT2D eigenvalue weighted by Crippen LogP contribution is -2.05. The van der Waals surface area contributed by atoms with Crippen molar-refractivity contribution >= 4 is 6.21 Å². The molecule has 0 fully saturated rings. The molecule has 0 amide bonds. The number of alkyl halides is 3. The Hall–Kier alpha value is -2.37. The summed E-state index contributed by atoms with van der Waals surface area (Å²) in [7, 11) is 0. The molecule has 0 unspecified atom stereocenters. The Kier molecular flexibility index (Phi) is 4.57. The summed E-state index contributed by atoms with van der Waals surface area (Å²) < 4.78 is 50.4. The molecule has 2 aromatic carbocycles. The summed E-state index contributed by atoms with van der Waals surface area (Å²) in [5.41, 5.74) is -0.0460. The standard InChI is InChI=1S/C15H10F4NO/c16-14-6-2-3-11(8-14)9-20-21-10-12-4-1-5-13(7-12)15(17,18)19/h1-8H,10H2. The van der Waals surface area contributed by atoms with E-state index in [-0.39, 0.29) is 6.61 Å². The fourth-order valence-electron chi connectivity index (χ4n) is 1.59. The molecule has 6 heteroatoms. The van der Waals surface area contributed by atoms with Crippen molar-refractivity contribution in [1.29, 1.82) is 0 Å². The maximum Gasteiger partial charge on any atom is 0.416 e. The first-order valence-corrected chi connectivity index (χ1v) is 5.95. The van der Waals surface area contributed by atoms with Crippen molar-refractivity contribution in [3.8, 4) is 0 Å². The average Bonchev–Trinajstić information content (AvgIpc) is 2.43. The molecule has 0 saturated heterocycles. The Labute approximate surface area is 118 Å². The molecule has 0 aliphatic carbocycles. The van der Waals surface area contributed by atoms with E-state index in [1.165, 1.54) is 30.3 Å². The molecule has 0 atom stereocenters. The van der Waals surface area contributed by atoms with Gasteiger partial charge in [-0.2, -0.15) is 13.2 Å². The van der Waals surface area contributed by atoms with E-state index < -0.39 is 17.6 Å². The van der Waals surface area contributed by atoms with Crippen molar-refractivity contribution < 1.29 is 22.4 Å². The molecular weight excluding hydrogens is 286 g/mol. The first-order valence-electron chi connectivity index (χ1n) is 5.95. The normalized spacial score (nSPS) is 11.8. The summed E-state index contributed by atoms with van der Waals surface area (Å²) >= 11 is 0. The van der Waals surface area contributed by atoms with Crippen LogP contribution < -0.4 is 0 Å². The van der Waals surface area contributed by atoms with Gasteiger partial charge < -0.3 is 4.84 Å². The zero-order valence-electron chi connectivity index (χ0n) is 10.7. The molecule has 0 aliphatic heterocycles. The first-order chi connectivity index (χ1) is 9.95. The van der Waals surface area contributed by atoms with Gasteiger partial charge in [-0.3, -0.25) is 0 Å². The third-order valence-electron chi connectivity index (χ3n) is 2.55. The van der Waals surface area contributed by atoms with Gasteiger partial charge in [0, 0.05) is 5.56 Å². The van der Waals surface area contributed by atoms with E-state index in [0.29, 0.717) is 11.1 Å². The van der Waals surface area contributed by atoms with Gasteiger partial charge in [-0.1, -0.05) is 29.4 Å². The van der Waals surface area contributed by atoms with E-state index in [9.17, 15) is 17.6 Å². The number of nitrogens with zero attached hydrogens (tertiary/aromatic N) is 1. The summed E-state index contributed by atoms with van der Waals surface area (Å²) in [6, 6.07) is 10.3. The minimum atomic E-state index is -4.40. The van der Waals surface area contributed by atoms with Gasteiger partial charge in [0.05, 0.1) is 5.56 Å². The zero-order valence-corrected chi connectivity index (χ0v) is 10.7. The maximum atomic E-state index is 12.9. The van der Waals surface area contributed by atoms with Crippen LogP contribution in [-0.2, 0) is 17.6 Å². The highest BCUT2D eigenvalue weighted by atomic mass is 19.4. The number of benzene rings is 2. The SMILES string of the molecule is Fc1cccc(/[C]=N\OCc2cccc(C(F)(F)F)c2)c1. The molecule has 0 N–H and O–H groups in total. The molecule has 109 valence electrons. The molecule has 0 aromatic heterocycles. The second-order valence-corrected chi connectivity index (χ2v) is 4.19. The van der Waals surface area contributed by atoms with Crippen LogP contribution in [0.3, 0.4) is 0 Å². The Morgan fingerprint density at radius 3 is 2.52 bits per heavy atom. The van der Waals surface area contributed by atoms with Crippen LogP contribution in [0.1, 0.15) is 16.7 Å². The number of hydrogen-bond donors (Lipinski definition) is 0. The highest BCUT2D eigenvalue weighted by molar-refractivity contribution is 5.78. The summed E-state index contributed by atoms with van der Waals surface area (Å²) in [4.78, 5) is 4.86. The molecule has 0 aliphatic rings. The maximum absolute atomic E-state index is 12.9. The van der Waals surface area contributed by atoms with Crippen molar-refractivity contribution in [2.75, 3.05) is 0 Å². The summed E-state index contributed by atoms with van der Waals surface area (Å²) in [5.74, 6) is -0.437. The smallest absolute Gasteiger partial charge is 0.390 e. The molecular formula is C15H10F4NO. The third-order valence-corrected chi connectivity index (χ3v) is 2.55. The number of hydrogen-bond acceptors (Lipinski definition) is 2. The highest BCUT2D eigenvalue weighted by Crippen LogP contribution is 2.29. The largest absolute Gasteiger partial charge is 0.416 e. The second kappa shape index (κ2) is 6.39. The topological polar surface area (TPSA) is 21.6 Å². The second-order valence-electron chi connectivity index (χ2n) is 4.19. The van der Waals surface area contributed by atoms with Gasteiger partial charge in [-0.15, -0.1) is 0 Å². The highest BCUT2D eigenvalue weighted by Gasteiger charge is 2.30. The predicted molar refractivity (Wildman–Crippen MR) is 69.2 cm³/mol. The van der Waals surface area contributed by atoms with Crippen LogP contribution in [-0.4, -0.2) is 6.21 Å². The Morgan fingerprint density at radius 2 is 1.81 bits per heavy atom. The molecule has 0 saturated carbocycles. The Balaban J connectivity index is 1.95. The van der Waals surface area contributed by atoms with Crippen molar-refractivity contribution in [3.63, 3.8) is 0 Å². The molecule has 0 spiro atoms. The summed E-state index contributed by atoms with van der Waals surface area (Å²) in [6.45, 7) is -0.133. The lowest BCUT2D eigenvalue weighted by atomic mass is 10.1. The monoisotopic (exact) mass is 296 g/mol. The summed E-state index contributed by atoms with van der Waals surface area (Å²) in [6.07, 6.45) is -1.95. The fourth-order valence-corrected chi connectivity index (χ4v) is 1.59. The van der Waals surface area contributed by atoms with Gasteiger partial charge in [0.2, 0.25) is 0 Å².